The topological polar surface area (TPSA) is 63.7 Å². The van der Waals surface area contributed by atoms with Crippen molar-refractivity contribution in [3.8, 4) is 0 Å². The molecule has 0 N–H and O–H groups in total. The number of amides is 1. The molecule has 5 nitrogen and oxygen atoms in total. The Kier molecular flexibility index (Phi) is 4.36. The highest BCUT2D eigenvalue weighted by Crippen LogP contribution is 2.27. The van der Waals surface area contributed by atoms with E-state index in [1.54, 1.807) is 0 Å². The van der Waals surface area contributed by atoms with Crippen molar-refractivity contribution < 1.29 is 18.5 Å². The van der Waals surface area contributed by atoms with Crippen LogP contribution in [0.3, 0.4) is 0 Å². The van der Waals surface area contributed by atoms with Crippen LogP contribution in [0, 0.1) is 0 Å². The monoisotopic (exact) mass is 273 g/mol. The summed E-state index contributed by atoms with van der Waals surface area (Å²) >= 11 is 11.3. The van der Waals surface area contributed by atoms with E-state index < -0.39 is 32.9 Å². The van der Waals surface area contributed by atoms with Crippen LogP contribution in [0.15, 0.2) is 0 Å². The maximum atomic E-state index is 11.5. The van der Waals surface area contributed by atoms with Gasteiger partial charge < -0.3 is 4.74 Å². The molecule has 3 unspecified atom stereocenters. The average Bonchev–Trinajstić information content (AvgIpc) is 2.41. The standard InChI is InChI=1S/C7H9Cl2NO4S/c1-14-4(11)2-3-10-7(12)5(8)6(9)15(10)13/h5-6H,2-3H2,1H3. The number of nitrogens with zero attached hydrogens (tertiary/aromatic N) is 1. The van der Waals surface area contributed by atoms with Crippen molar-refractivity contribution in [2.45, 2.75) is 16.5 Å². The molecule has 1 heterocycles. The Morgan fingerprint density at radius 2 is 2.20 bits per heavy atom. The molecule has 15 heavy (non-hydrogen) atoms. The van der Waals surface area contributed by atoms with Crippen LogP contribution in [0.1, 0.15) is 6.42 Å². The average molecular weight is 274 g/mol. The Morgan fingerprint density at radius 3 is 2.60 bits per heavy atom. The quantitative estimate of drug-likeness (QED) is 0.546. The van der Waals surface area contributed by atoms with Crippen LogP contribution in [-0.2, 0) is 25.3 Å². The summed E-state index contributed by atoms with van der Waals surface area (Å²) in [5.41, 5.74) is 0. The van der Waals surface area contributed by atoms with E-state index in [0.29, 0.717) is 0 Å². The zero-order chi connectivity index (χ0) is 11.6. The minimum atomic E-state index is -1.67. The van der Waals surface area contributed by atoms with Gasteiger partial charge in [0.15, 0.2) is 4.71 Å². The second kappa shape index (κ2) is 5.14. The third kappa shape index (κ3) is 2.62. The first-order valence-electron chi connectivity index (χ1n) is 4.06. The normalized spacial score (nSPS) is 30.7. The lowest BCUT2D eigenvalue weighted by molar-refractivity contribution is -0.140. The third-order valence-electron chi connectivity index (χ3n) is 1.87. The van der Waals surface area contributed by atoms with Gasteiger partial charge in [0.05, 0.1) is 13.5 Å². The summed E-state index contributed by atoms with van der Waals surface area (Å²) in [6.45, 7) is 0.00452. The van der Waals surface area contributed by atoms with Gasteiger partial charge in [-0.25, -0.2) is 4.21 Å². The Hall–Kier alpha value is -0.330. The Bertz CT molecular complexity index is 291. The fraction of sp³-hybridized carbons (Fsp3) is 0.714. The minimum Gasteiger partial charge on any atom is -0.469 e. The lowest BCUT2D eigenvalue weighted by atomic mass is 10.4. The van der Waals surface area contributed by atoms with E-state index in [1.165, 1.54) is 7.11 Å². The van der Waals surface area contributed by atoms with Gasteiger partial charge in [-0.1, -0.05) is 0 Å². The van der Waals surface area contributed by atoms with Gasteiger partial charge in [0, 0.05) is 6.54 Å². The van der Waals surface area contributed by atoms with E-state index in [0.717, 1.165) is 4.31 Å². The van der Waals surface area contributed by atoms with Gasteiger partial charge in [0.1, 0.15) is 16.4 Å². The first-order valence-corrected chi connectivity index (χ1v) is 6.10. The number of carbonyl (C=O) groups is 2. The SMILES string of the molecule is COC(=O)CCN1C(=O)C(Cl)C(Cl)S1=O. The molecule has 86 valence electrons. The molecule has 0 aromatic carbocycles. The Balaban J connectivity index is 2.59. The second-order valence-electron chi connectivity index (χ2n) is 2.80. The van der Waals surface area contributed by atoms with Gasteiger partial charge in [-0.3, -0.25) is 13.9 Å². The molecular weight excluding hydrogens is 265 g/mol. The third-order valence-corrected chi connectivity index (χ3v) is 4.75. The molecule has 3 atom stereocenters. The summed E-state index contributed by atoms with van der Waals surface area (Å²) < 4.78 is 15.9. The lowest BCUT2D eigenvalue weighted by Crippen LogP contribution is -2.30. The highest BCUT2D eigenvalue weighted by molar-refractivity contribution is 7.86. The summed E-state index contributed by atoms with van der Waals surface area (Å²) in [5.74, 6) is -0.997. The smallest absolute Gasteiger partial charge is 0.307 e. The zero-order valence-electron chi connectivity index (χ0n) is 7.81. The van der Waals surface area contributed by atoms with E-state index >= 15 is 0 Å². The summed E-state index contributed by atoms with van der Waals surface area (Å²) in [5, 5.41) is -0.995. The maximum Gasteiger partial charge on any atom is 0.307 e. The molecule has 0 spiro atoms. The van der Waals surface area contributed by atoms with E-state index in [4.69, 9.17) is 23.2 Å². The van der Waals surface area contributed by atoms with Crippen molar-refractivity contribution >= 4 is 46.1 Å². The summed E-state index contributed by atoms with van der Waals surface area (Å²) in [7, 11) is -0.439. The molecule has 0 bridgehead atoms. The van der Waals surface area contributed by atoms with E-state index in [1.807, 2.05) is 0 Å². The van der Waals surface area contributed by atoms with Crippen LogP contribution in [0.25, 0.3) is 0 Å². The fourth-order valence-corrected chi connectivity index (χ4v) is 3.02. The van der Waals surface area contributed by atoms with Crippen molar-refractivity contribution in [3.63, 3.8) is 0 Å². The highest BCUT2D eigenvalue weighted by Gasteiger charge is 2.44. The molecule has 1 fully saturated rings. The number of alkyl halides is 2. The van der Waals surface area contributed by atoms with Crippen LogP contribution in [-0.4, -0.2) is 44.1 Å². The molecule has 0 aliphatic carbocycles. The summed E-state index contributed by atoms with van der Waals surface area (Å²) in [6, 6.07) is 0. The molecule has 1 saturated heterocycles. The molecule has 1 aliphatic heterocycles. The zero-order valence-corrected chi connectivity index (χ0v) is 10.1. The lowest BCUT2D eigenvalue weighted by Gasteiger charge is -2.12. The van der Waals surface area contributed by atoms with Gasteiger partial charge in [0.2, 0.25) is 0 Å². The largest absolute Gasteiger partial charge is 0.469 e. The number of methoxy groups -OCH3 is 1. The van der Waals surface area contributed by atoms with Gasteiger partial charge >= 0.3 is 5.97 Å². The molecule has 1 amide bonds. The molecule has 1 rings (SSSR count). The molecule has 1 aliphatic rings. The number of hydrogen-bond donors (Lipinski definition) is 0. The summed E-state index contributed by atoms with van der Waals surface area (Å²) in [4.78, 5) is 22.2. The molecule has 8 heteroatoms. The molecule has 0 aromatic rings. The van der Waals surface area contributed by atoms with Crippen LogP contribution in [0.4, 0.5) is 0 Å². The van der Waals surface area contributed by atoms with Gasteiger partial charge in [-0.15, -0.1) is 23.2 Å². The van der Waals surface area contributed by atoms with Crippen molar-refractivity contribution in [3.05, 3.63) is 0 Å². The number of halogens is 2. The predicted octanol–water partition coefficient (Wildman–Crippen LogP) is 0.228. The maximum absolute atomic E-state index is 11.5. The fourth-order valence-electron chi connectivity index (χ4n) is 1.06. The van der Waals surface area contributed by atoms with E-state index in [2.05, 4.69) is 4.74 Å². The van der Waals surface area contributed by atoms with Gasteiger partial charge in [0.25, 0.3) is 5.91 Å². The van der Waals surface area contributed by atoms with Crippen molar-refractivity contribution in [2.75, 3.05) is 13.7 Å². The van der Waals surface area contributed by atoms with E-state index in [-0.39, 0.29) is 13.0 Å². The highest BCUT2D eigenvalue weighted by atomic mass is 35.5. The molecule has 0 aromatic heterocycles. The Morgan fingerprint density at radius 1 is 1.60 bits per heavy atom. The van der Waals surface area contributed by atoms with Gasteiger partial charge in [-0.05, 0) is 0 Å². The predicted molar refractivity (Wildman–Crippen MR) is 55.8 cm³/mol. The second-order valence-corrected chi connectivity index (χ2v) is 5.50. The molecule has 0 radical (unpaired) electrons. The first kappa shape index (κ1) is 12.7. The van der Waals surface area contributed by atoms with Crippen molar-refractivity contribution in [2.24, 2.45) is 0 Å². The van der Waals surface area contributed by atoms with Crippen LogP contribution in [0.5, 0.6) is 0 Å². The minimum absolute atomic E-state index is 0.00452. The van der Waals surface area contributed by atoms with Crippen LogP contribution < -0.4 is 0 Å². The number of esters is 1. The van der Waals surface area contributed by atoms with E-state index in [9.17, 15) is 13.8 Å². The van der Waals surface area contributed by atoms with Crippen molar-refractivity contribution in [1.29, 1.82) is 0 Å². The molecular formula is C7H9Cl2NO4S. The van der Waals surface area contributed by atoms with Crippen LogP contribution in [0.2, 0.25) is 0 Å². The number of carbonyl (C=O) groups excluding carboxylic acids is 2. The summed E-state index contributed by atoms with van der Waals surface area (Å²) in [6.07, 6.45) is -0.0266. The number of rotatable bonds is 3. The first-order chi connectivity index (χ1) is 6.99. The number of hydrogen-bond acceptors (Lipinski definition) is 4. The van der Waals surface area contributed by atoms with Crippen LogP contribution >= 0.6 is 23.2 Å². The van der Waals surface area contributed by atoms with Gasteiger partial charge in [-0.2, -0.15) is 0 Å². The van der Waals surface area contributed by atoms with Crippen molar-refractivity contribution in [1.82, 2.24) is 4.31 Å². The Labute approximate surface area is 99.2 Å². The number of ether oxygens (including phenoxy) is 1. The molecule has 0 saturated carbocycles.